The van der Waals surface area contributed by atoms with E-state index in [0.29, 0.717) is 75.4 Å². The van der Waals surface area contributed by atoms with Gasteiger partial charge in [-0.15, -0.1) is 0 Å². The summed E-state index contributed by atoms with van der Waals surface area (Å²) in [7, 11) is 6.18. The standard InChI is InChI=1S/C34H32F2N4O4.C25H22F2N4O2.C21H16ClF2N3O3.2C12H16N2O.C2H3BrO2.CH4/c1-34(2)16-23(32(41)39-34)20-10-8-19(9-11-20)14-26-30-27(38-31(37-26)29-24(35)6-5-7-25(29)36)18-40(33(30)42)17-21-12-13-22(43-3)15-28(21)44-4;1-25(2)11-15(23(32)31-25)14-8-6-13(7-9-14)10-18-21-19(12-28-24(21)33)30-22(29-18)20-16(26)4-3-5-17(20)27;1-29-12-7-6-11(16(8-12)30-2)9-27-10-15-18(21(27)28)19(22)26-20(25-15)17-13(23)4-3-5-14(17)24;2*1-12(2)7-10(11(15)14-12)8-3-5-9(13)6-4-8;1-2(4)5-3;/h5-13,15,23H,14,16-18H2,1-4H3,(H,39,41);3-9,15H,10-12H2,1-2H3,(H,28,33)(H,31,32);3-8H,9-10H2,1-2H3;2*3-6,10H,7,13H2,1-2H3,(H,14,15);1H3;1H4/t23-;15-;;10-;;;/m00.0.../s1. The zero-order chi connectivity index (χ0) is 102. The number of nitrogen functional groups attached to an aromatic ring is 2. The first-order chi connectivity index (χ1) is 67.4. The van der Waals surface area contributed by atoms with Gasteiger partial charge in [-0.05, 0) is 199 Å². The highest BCUT2D eigenvalue weighted by Gasteiger charge is 2.44. The SMILES string of the molecule is C.CC(=O)OBr.CC1(C)CC(c2ccc(N)cc2)C(=O)N1.CC1(C)C[C@@H](c2ccc(Cc3nc(-c4c(F)cccc4F)nc4c3C(=O)NC4)cc2)C(=O)N1.CC1(C)C[C@@H](c2ccc(N)cc2)C(=O)N1.COc1ccc(CN2Cc3nc(-c4c(F)cccc4F)nc(Cc4ccc([C@@H]5CC(C)(C)NC5=O)cc4)c3C2=O)c(OC)c1.COc1ccc(CN2Cc3nc(-c4c(F)cccc4F)nc(Cl)c3C2=O)c(OC)c1. The second-order valence-corrected chi connectivity index (χ2v) is 38.4. The summed E-state index contributed by atoms with van der Waals surface area (Å²) in [6.45, 7) is 18.4. The van der Waals surface area contributed by atoms with E-state index in [1.807, 2.05) is 159 Å². The van der Waals surface area contributed by atoms with E-state index in [9.17, 15) is 64.7 Å². The molecular formula is C107H109BrClF6N15O13. The number of anilines is 2. The average Bonchev–Trinajstić information content (AvgIpc) is 1.41. The fourth-order valence-electron chi connectivity index (χ4n) is 18.1. The molecule has 0 spiro atoms. The van der Waals surface area contributed by atoms with Crippen molar-refractivity contribution in [3.05, 3.63) is 318 Å². The number of hydrogen-bond acceptors (Lipinski definition) is 21. The summed E-state index contributed by atoms with van der Waals surface area (Å²) in [5, 5.41) is 14.5. The summed E-state index contributed by atoms with van der Waals surface area (Å²) in [5.74, 6) is -4.33. The Balaban J connectivity index is 0.000000155. The predicted molar refractivity (Wildman–Crippen MR) is 531 cm³/mol. The third-order valence-electron chi connectivity index (χ3n) is 24.9. The minimum Gasteiger partial charge on any atom is -0.497 e. The largest absolute Gasteiger partial charge is 0.497 e. The van der Waals surface area contributed by atoms with Crippen LogP contribution in [0.3, 0.4) is 0 Å². The minimum atomic E-state index is -0.810. The first-order valence-corrected chi connectivity index (χ1v) is 46.4. The first kappa shape index (κ1) is 105. The van der Waals surface area contributed by atoms with Gasteiger partial charge in [-0.3, -0.25) is 38.4 Å². The maximum atomic E-state index is 14.9. The second kappa shape index (κ2) is 44.1. The van der Waals surface area contributed by atoms with Gasteiger partial charge in [-0.2, -0.15) is 0 Å². The van der Waals surface area contributed by atoms with Crippen molar-refractivity contribution in [1.29, 1.82) is 0 Å². The molecule has 7 aliphatic heterocycles. The van der Waals surface area contributed by atoms with Gasteiger partial charge in [0.05, 0.1) is 141 Å². The third kappa shape index (κ3) is 24.7. The molecule has 4 fully saturated rings. The fourth-order valence-corrected chi connectivity index (χ4v) is 18.3. The van der Waals surface area contributed by atoms with Crippen molar-refractivity contribution in [3.63, 3.8) is 0 Å². The summed E-state index contributed by atoms with van der Waals surface area (Å²) in [6.07, 6.45) is 3.59. The summed E-state index contributed by atoms with van der Waals surface area (Å²) in [6, 6.07) is 51.5. The van der Waals surface area contributed by atoms with E-state index < -0.39 is 34.9 Å². The quantitative estimate of drug-likeness (QED) is 0.0225. The summed E-state index contributed by atoms with van der Waals surface area (Å²) in [5.41, 5.74) is 20.8. The molecule has 0 saturated carbocycles. The van der Waals surface area contributed by atoms with Gasteiger partial charge in [0.2, 0.25) is 23.6 Å². The molecule has 0 radical (unpaired) electrons. The molecule has 143 heavy (non-hydrogen) atoms. The highest BCUT2D eigenvalue weighted by Crippen LogP contribution is 2.42. The van der Waals surface area contributed by atoms with E-state index in [2.05, 4.69) is 76.6 Å². The number of halogens is 8. The third-order valence-corrected chi connectivity index (χ3v) is 25.6. The van der Waals surface area contributed by atoms with Crippen LogP contribution in [0.15, 0.2) is 188 Å². The summed E-state index contributed by atoms with van der Waals surface area (Å²) >= 11 is 8.67. The van der Waals surface area contributed by atoms with Gasteiger partial charge in [0.1, 0.15) is 68.6 Å². The maximum Gasteiger partial charge on any atom is 0.314 e. The van der Waals surface area contributed by atoms with E-state index in [-0.39, 0.29) is 191 Å². The highest BCUT2D eigenvalue weighted by atomic mass is 79.9. The van der Waals surface area contributed by atoms with Crippen LogP contribution in [0.1, 0.15) is 223 Å². The maximum absolute atomic E-state index is 14.9. The van der Waals surface area contributed by atoms with Crippen molar-refractivity contribution in [2.75, 3.05) is 39.9 Å². The predicted octanol–water partition coefficient (Wildman–Crippen LogP) is 18.3. The van der Waals surface area contributed by atoms with Crippen molar-refractivity contribution in [1.82, 2.24) is 66.3 Å². The molecule has 0 aliphatic carbocycles. The molecule has 10 heterocycles. The molecule has 19 rings (SSSR count). The molecule has 7 aliphatic rings. The minimum absolute atomic E-state index is 0. The molecule has 12 aromatic rings. The number of ether oxygens (including phenoxy) is 4. The molecule has 0 bridgehead atoms. The molecule has 3 aromatic heterocycles. The van der Waals surface area contributed by atoms with Crippen LogP contribution in [-0.4, -0.2) is 138 Å². The van der Waals surface area contributed by atoms with Gasteiger partial charge in [-0.1, -0.05) is 110 Å². The number of amides is 7. The Morgan fingerprint density at radius 1 is 0.413 bits per heavy atom. The molecule has 1 unspecified atom stereocenters. The van der Waals surface area contributed by atoms with Crippen molar-refractivity contribution in [2.24, 2.45) is 0 Å². The monoisotopic (exact) mass is 2040 g/mol. The van der Waals surface area contributed by atoms with Gasteiger partial charge in [0.15, 0.2) is 33.7 Å². The Morgan fingerprint density at radius 3 is 1.02 bits per heavy atom. The number of hydrogen-bond donors (Lipinski definition) is 7. The Kier molecular flexibility index (Phi) is 32.5. The Hall–Kier alpha value is -14.9. The Morgan fingerprint density at radius 2 is 0.713 bits per heavy atom. The lowest BCUT2D eigenvalue weighted by Gasteiger charge is -2.18. The van der Waals surface area contributed by atoms with Crippen molar-refractivity contribution >= 4 is 86.6 Å². The number of benzene rings is 9. The summed E-state index contributed by atoms with van der Waals surface area (Å²) in [4.78, 5) is 126. The van der Waals surface area contributed by atoms with Crippen LogP contribution in [-0.2, 0) is 73.4 Å². The van der Waals surface area contributed by atoms with E-state index in [4.69, 9.17) is 42.0 Å². The van der Waals surface area contributed by atoms with Crippen LogP contribution in [0.5, 0.6) is 23.0 Å². The van der Waals surface area contributed by atoms with Gasteiger partial charge < -0.3 is 70.6 Å². The lowest BCUT2D eigenvalue weighted by molar-refractivity contribution is -0.130. The van der Waals surface area contributed by atoms with Gasteiger partial charge in [-0.25, -0.2) is 56.2 Å². The van der Waals surface area contributed by atoms with Crippen LogP contribution in [0.25, 0.3) is 34.2 Å². The van der Waals surface area contributed by atoms with Crippen LogP contribution in [0.2, 0.25) is 5.15 Å². The number of rotatable bonds is 19. The van der Waals surface area contributed by atoms with E-state index in [1.165, 1.54) is 37.1 Å². The highest BCUT2D eigenvalue weighted by molar-refractivity contribution is 9.06. The Labute approximate surface area is 837 Å². The molecule has 9 N–H and O–H groups in total. The van der Waals surface area contributed by atoms with Gasteiger partial charge in [0.25, 0.3) is 17.7 Å². The normalized spacial score (nSPS) is 17.5. The summed E-state index contributed by atoms with van der Waals surface area (Å²) < 4.78 is 112. The lowest BCUT2D eigenvalue weighted by Crippen LogP contribution is -2.34. The number of carbonyl (C=O) groups is 8. The molecule has 4 atom stereocenters. The molecule has 4 saturated heterocycles. The molecular weight excluding hydrogens is 1930 g/mol. The zero-order valence-corrected chi connectivity index (χ0v) is 82.4. The van der Waals surface area contributed by atoms with Crippen molar-refractivity contribution in [3.8, 4) is 57.2 Å². The topological polar surface area (TPSA) is 379 Å². The van der Waals surface area contributed by atoms with Crippen LogP contribution < -0.4 is 57.0 Å². The number of nitrogens with one attached hydrogen (secondary N) is 5. The van der Waals surface area contributed by atoms with Crippen LogP contribution in [0, 0.1) is 34.9 Å². The zero-order valence-electron chi connectivity index (χ0n) is 80.0. The van der Waals surface area contributed by atoms with E-state index >= 15 is 0 Å². The molecule has 7 amide bonds. The van der Waals surface area contributed by atoms with Crippen LogP contribution in [0.4, 0.5) is 37.7 Å². The number of fused-ring (bicyclic) bond motifs is 3. The van der Waals surface area contributed by atoms with E-state index in [1.54, 1.807) is 56.6 Å². The number of carbonyl (C=O) groups excluding carboxylic acids is 8. The number of nitrogens with two attached hydrogens (primary N) is 2. The average molecular weight is 2040 g/mol. The number of nitrogens with zero attached hydrogens (tertiary/aromatic N) is 8. The molecule has 28 nitrogen and oxygen atoms in total. The Bertz CT molecular complexity index is 6730. The second-order valence-electron chi connectivity index (χ2n) is 37.7. The first-order valence-electron chi connectivity index (χ1n) is 45.4. The van der Waals surface area contributed by atoms with Crippen molar-refractivity contribution in [2.45, 2.75) is 187 Å². The number of aromatic nitrogens is 6. The van der Waals surface area contributed by atoms with Crippen LogP contribution >= 0.6 is 27.9 Å². The molecule has 9 aromatic carbocycles. The smallest absolute Gasteiger partial charge is 0.314 e. The van der Waals surface area contributed by atoms with Crippen molar-refractivity contribution < 1.29 is 87.5 Å². The fraction of sp³-hybridized carbons (Fsp3) is 0.308. The molecule has 36 heteroatoms. The van der Waals surface area contributed by atoms with Gasteiger partial charge >= 0.3 is 5.97 Å². The number of methoxy groups -OCH3 is 4. The lowest BCUT2D eigenvalue weighted by atomic mass is 9.90. The molecule has 746 valence electrons. The van der Waals surface area contributed by atoms with E-state index in [0.717, 1.165) is 105 Å². The van der Waals surface area contributed by atoms with Gasteiger partial charge in [0, 0.05) is 76.6 Å².